The molecule has 2 rings (SSSR count). The van der Waals surface area contributed by atoms with Crippen molar-refractivity contribution in [2.75, 3.05) is 32.2 Å². The normalized spacial score (nSPS) is 17.0. The first-order valence-electron chi connectivity index (χ1n) is 5.46. The van der Waals surface area contributed by atoms with E-state index in [2.05, 4.69) is 15.0 Å². The van der Waals surface area contributed by atoms with Crippen LogP contribution in [0.1, 0.15) is 12.8 Å². The molecule has 0 bridgehead atoms. The summed E-state index contributed by atoms with van der Waals surface area (Å²) in [7, 11) is 2.96. The fourth-order valence-corrected chi connectivity index (χ4v) is 1.70. The van der Waals surface area contributed by atoms with Crippen molar-refractivity contribution in [2.24, 2.45) is 0 Å². The number of anilines is 1. The van der Waals surface area contributed by atoms with E-state index in [4.69, 9.17) is 9.47 Å². The predicted octanol–water partition coefficient (Wildman–Crippen LogP) is 0.827. The van der Waals surface area contributed by atoms with Gasteiger partial charge < -0.3 is 14.4 Å². The lowest BCUT2D eigenvalue weighted by Gasteiger charge is -2.28. The molecule has 1 aliphatic rings. The van der Waals surface area contributed by atoms with Gasteiger partial charge in [0.15, 0.2) is 0 Å². The molecule has 1 aliphatic heterocycles. The lowest BCUT2D eigenvalue weighted by molar-refractivity contribution is 0.275. The first-order chi connectivity index (χ1) is 8.22. The van der Waals surface area contributed by atoms with Crippen molar-refractivity contribution in [3.05, 3.63) is 0 Å². The van der Waals surface area contributed by atoms with Gasteiger partial charge in [0.05, 0.1) is 14.2 Å². The number of aromatic nitrogens is 3. The second-order valence-electron chi connectivity index (χ2n) is 3.77. The molecule has 1 saturated heterocycles. The van der Waals surface area contributed by atoms with Gasteiger partial charge in [-0.2, -0.15) is 9.97 Å². The molecule has 0 saturated carbocycles. The molecule has 0 atom stereocenters. The minimum atomic E-state index is -0.725. The maximum Gasteiger partial charge on any atom is 0.324 e. The third-order valence-electron chi connectivity index (χ3n) is 2.66. The second-order valence-corrected chi connectivity index (χ2v) is 3.77. The highest BCUT2D eigenvalue weighted by molar-refractivity contribution is 5.32. The van der Waals surface area contributed by atoms with Crippen molar-refractivity contribution in [3.8, 4) is 12.0 Å². The van der Waals surface area contributed by atoms with Gasteiger partial charge in [0.2, 0.25) is 5.95 Å². The predicted molar refractivity (Wildman–Crippen MR) is 59.3 cm³/mol. The Bertz CT molecular complexity index is 360. The molecule has 2 heterocycles. The van der Waals surface area contributed by atoms with Gasteiger partial charge in [-0.05, 0) is 12.8 Å². The summed E-state index contributed by atoms with van der Waals surface area (Å²) in [6.45, 7) is 1.19. The molecule has 0 aliphatic carbocycles. The van der Waals surface area contributed by atoms with E-state index >= 15 is 0 Å². The van der Waals surface area contributed by atoms with Gasteiger partial charge in [-0.3, -0.25) is 0 Å². The quantitative estimate of drug-likeness (QED) is 0.782. The van der Waals surface area contributed by atoms with Crippen LogP contribution >= 0.6 is 0 Å². The maximum absolute atomic E-state index is 13.0. The van der Waals surface area contributed by atoms with Crippen molar-refractivity contribution in [1.82, 2.24) is 15.0 Å². The van der Waals surface area contributed by atoms with Crippen molar-refractivity contribution >= 4 is 5.95 Å². The molecule has 1 aromatic rings. The number of halogens is 1. The Morgan fingerprint density at radius 1 is 1.06 bits per heavy atom. The standard InChI is InChI=1S/C10H15FN4O2/c1-16-9-12-8(13-10(14-9)17-2)15-5-3-7(11)4-6-15/h7H,3-6H2,1-2H3. The third kappa shape index (κ3) is 2.72. The Hall–Kier alpha value is -1.66. The van der Waals surface area contributed by atoms with Crippen LogP contribution in [0.25, 0.3) is 0 Å². The zero-order valence-electron chi connectivity index (χ0n) is 9.89. The Morgan fingerprint density at radius 2 is 1.59 bits per heavy atom. The summed E-state index contributed by atoms with van der Waals surface area (Å²) in [4.78, 5) is 14.1. The topological polar surface area (TPSA) is 60.4 Å². The molecule has 0 aromatic carbocycles. The Morgan fingerprint density at radius 3 is 2.06 bits per heavy atom. The van der Waals surface area contributed by atoms with E-state index in [9.17, 15) is 4.39 Å². The number of hydrogen-bond acceptors (Lipinski definition) is 6. The van der Waals surface area contributed by atoms with E-state index in [1.54, 1.807) is 0 Å². The van der Waals surface area contributed by atoms with Crippen molar-refractivity contribution in [1.29, 1.82) is 0 Å². The fourth-order valence-electron chi connectivity index (χ4n) is 1.70. The lowest BCUT2D eigenvalue weighted by Crippen LogP contribution is -2.35. The van der Waals surface area contributed by atoms with Crippen LogP contribution in [0.3, 0.4) is 0 Å². The van der Waals surface area contributed by atoms with Crippen LogP contribution in [0.15, 0.2) is 0 Å². The summed E-state index contributed by atoms with van der Waals surface area (Å²) in [5.74, 6) is 0.473. The lowest BCUT2D eigenvalue weighted by atomic mass is 10.1. The van der Waals surface area contributed by atoms with Gasteiger partial charge >= 0.3 is 12.0 Å². The molecule has 1 aromatic heterocycles. The van der Waals surface area contributed by atoms with Gasteiger partial charge in [0, 0.05) is 13.1 Å². The number of ether oxygens (including phenoxy) is 2. The van der Waals surface area contributed by atoms with E-state index in [0.717, 1.165) is 0 Å². The highest BCUT2D eigenvalue weighted by atomic mass is 19.1. The molecular weight excluding hydrogens is 227 g/mol. The molecule has 0 spiro atoms. The SMILES string of the molecule is COc1nc(OC)nc(N2CCC(F)CC2)n1. The number of rotatable bonds is 3. The monoisotopic (exact) mass is 242 g/mol. The number of hydrogen-bond donors (Lipinski definition) is 0. The van der Waals surface area contributed by atoms with Crippen molar-refractivity contribution in [2.45, 2.75) is 19.0 Å². The third-order valence-corrected chi connectivity index (χ3v) is 2.66. The minimum Gasteiger partial charge on any atom is -0.467 e. The molecule has 0 unspecified atom stereocenters. The van der Waals surface area contributed by atoms with Crippen LogP contribution in [0, 0.1) is 0 Å². The fraction of sp³-hybridized carbons (Fsp3) is 0.700. The van der Waals surface area contributed by atoms with Crippen molar-refractivity contribution < 1.29 is 13.9 Å². The van der Waals surface area contributed by atoms with E-state index in [0.29, 0.717) is 31.9 Å². The molecule has 0 radical (unpaired) electrons. The molecular formula is C10H15FN4O2. The molecule has 0 amide bonds. The number of alkyl halides is 1. The maximum atomic E-state index is 13.0. The van der Waals surface area contributed by atoms with E-state index < -0.39 is 6.17 Å². The van der Waals surface area contributed by atoms with Crippen LogP contribution in [-0.4, -0.2) is 48.4 Å². The summed E-state index contributed by atoms with van der Waals surface area (Å²) in [6.07, 6.45) is 0.268. The summed E-state index contributed by atoms with van der Waals surface area (Å²) in [5, 5.41) is 0. The molecule has 17 heavy (non-hydrogen) atoms. The van der Waals surface area contributed by atoms with Crippen molar-refractivity contribution in [3.63, 3.8) is 0 Å². The number of piperidine rings is 1. The highest BCUT2D eigenvalue weighted by Crippen LogP contribution is 2.21. The molecule has 94 valence electrons. The van der Waals surface area contributed by atoms with Gasteiger partial charge in [0.25, 0.3) is 0 Å². The van der Waals surface area contributed by atoms with E-state index in [-0.39, 0.29) is 12.0 Å². The zero-order valence-corrected chi connectivity index (χ0v) is 9.89. The van der Waals surface area contributed by atoms with Gasteiger partial charge in [-0.1, -0.05) is 0 Å². The average molecular weight is 242 g/mol. The molecule has 6 nitrogen and oxygen atoms in total. The van der Waals surface area contributed by atoms with Crippen LogP contribution in [0.5, 0.6) is 12.0 Å². The van der Waals surface area contributed by atoms with Crippen LogP contribution < -0.4 is 14.4 Å². The molecule has 0 N–H and O–H groups in total. The number of methoxy groups -OCH3 is 2. The summed E-state index contributed by atoms with van der Waals surface area (Å²) < 4.78 is 23.0. The first kappa shape index (κ1) is 11.8. The first-order valence-corrected chi connectivity index (χ1v) is 5.46. The van der Waals surface area contributed by atoms with Gasteiger partial charge in [-0.25, -0.2) is 4.39 Å². The average Bonchev–Trinajstić information content (AvgIpc) is 2.39. The number of nitrogens with zero attached hydrogens (tertiary/aromatic N) is 4. The van der Waals surface area contributed by atoms with Gasteiger partial charge in [-0.15, -0.1) is 4.98 Å². The Labute approximate surface area is 98.8 Å². The van der Waals surface area contributed by atoms with Crippen LogP contribution in [-0.2, 0) is 0 Å². The van der Waals surface area contributed by atoms with E-state index in [1.807, 2.05) is 4.90 Å². The smallest absolute Gasteiger partial charge is 0.324 e. The zero-order chi connectivity index (χ0) is 12.3. The summed E-state index contributed by atoms with van der Waals surface area (Å²) >= 11 is 0. The molecule has 7 heteroatoms. The summed E-state index contributed by atoms with van der Waals surface area (Å²) in [5.41, 5.74) is 0. The van der Waals surface area contributed by atoms with Gasteiger partial charge in [0.1, 0.15) is 6.17 Å². The largest absolute Gasteiger partial charge is 0.467 e. The Balaban J connectivity index is 2.19. The van der Waals surface area contributed by atoms with E-state index in [1.165, 1.54) is 14.2 Å². The summed E-state index contributed by atoms with van der Waals surface area (Å²) in [6, 6.07) is 0.406. The minimum absolute atomic E-state index is 0.203. The molecule has 1 fully saturated rings. The Kier molecular flexibility index (Phi) is 3.55. The second kappa shape index (κ2) is 5.11. The van der Waals surface area contributed by atoms with Crippen LogP contribution in [0.2, 0.25) is 0 Å². The van der Waals surface area contributed by atoms with Crippen LogP contribution in [0.4, 0.5) is 10.3 Å². The highest BCUT2D eigenvalue weighted by Gasteiger charge is 2.21.